The highest BCUT2D eigenvalue weighted by atomic mass is 16.5. The highest BCUT2D eigenvalue weighted by Gasteiger charge is 2.17. The topological polar surface area (TPSA) is 108 Å². The molecule has 2 N–H and O–H groups in total. The van der Waals surface area contributed by atoms with Gasteiger partial charge in [0.15, 0.2) is 6.61 Å². The van der Waals surface area contributed by atoms with Crippen LogP contribution < -0.4 is 10.9 Å². The van der Waals surface area contributed by atoms with Gasteiger partial charge in [0.25, 0.3) is 11.8 Å². The Morgan fingerprint density at radius 1 is 0.800 bits per heavy atom. The molecule has 0 aliphatic rings. The van der Waals surface area contributed by atoms with Crippen LogP contribution in [0.15, 0.2) is 78.9 Å². The van der Waals surface area contributed by atoms with Crippen molar-refractivity contribution in [2.45, 2.75) is 0 Å². The average Bonchev–Trinajstić information content (AvgIpc) is 2.81. The van der Waals surface area contributed by atoms with Crippen molar-refractivity contribution in [2.75, 3.05) is 6.61 Å². The molecule has 30 heavy (non-hydrogen) atoms. The highest BCUT2D eigenvalue weighted by molar-refractivity contribution is 5.99. The molecule has 0 radical (unpaired) electrons. The number of amides is 2. The Balaban J connectivity index is 1.62. The number of ether oxygens (including phenoxy) is 1. The summed E-state index contributed by atoms with van der Waals surface area (Å²) < 4.78 is 5.08. The first-order chi connectivity index (χ1) is 14.6. The van der Waals surface area contributed by atoms with E-state index in [1.807, 2.05) is 0 Å². The molecule has 2 amide bonds. The first-order valence-corrected chi connectivity index (χ1v) is 9.00. The van der Waals surface area contributed by atoms with Crippen LogP contribution in [0.5, 0.6) is 0 Å². The average molecular weight is 399 g/mol. The number of hydrogen-bond donors (Lipinski definition) is 2. The monoisotopic (exact) mass is 399 g/mol. The number of hydrazine groups is 1. The molecule has 0 unspecified atom stereocenters. The molecule has 3 rings (SSSR count). The zero-order valence-corrected chi connectivity index (χ0v) is 15.8. The summed E-state index contributed by atoms with van der Waals surface area (Å²) in [5.74, 6) is -1.90. The van der Waals surface area contributed by atoms with Crippen LogP contribution in [0, 0.1) is 11.3 Å². The fraction of sp³-hybridized carbons (Fsp3) is 0.0435. The molecule has 7 nitrogen and oxygen atoms in total. The van der Waals surface area contributed by atoms with Crippen LogP contribution in [0.4, 0.5) is 0 Å². The largest absolute Gasteiger partial charge is 0.452 e. The Kier molecular flexibility index (Phi) is 6.54. The predicted octanol–water partition coefficient (Wildman–Crippen LogP) is 2.84. The molecule has 0 aliphatic carbocycles. The summed E-state index contributed by atoms with van der Waals surface area (Å²) in [4.78, 5) is 36.4. The lowest BCUT2D eigenvalue weighted by Gasteiger charge is -2.11. The van der Waals surface area contributed by atoms with Gasteiger partial charge in [-0.2, -0.15) is 5.26 Å². The minimum atomic E-state index is -0.720. The van der Waals surface area contributed by atoms with Crippen molar-refractivity contribution in [3.63, 3.8) is 0 Å². The molecular formula is C23H17N3O4. The van der Waals surface area contributed by atoms with Gasteiger partial charge < -0.3 is 4.74 Å². The Bertz CT molecular complexity index is 1120. The lowest BCUT2D eigenvalue weighted by molar-refractivity contribution is -0.125. The van der Waals surface area contributed by atoms with Crippen molar-refractivity contribution in [3.8, 4) is 17.2 Å². The number of carbonyl (C=O) groups is 3. The van der Waals surface area contributed by atoms with Crippen LogP contribution in [0.25, 0.3) is 11.1 Å². The summed E-state index contributed by atoms with van der Waals surface area (Å²) in [5, 5.41) is 9.32. The second kappa shape index (κ2) is 9.66. The maximum atomic E-state index is 12.5. The van der Waals surface area contributed by atoms with Crippen LogP contribution in [-0.2, 0) is 9.53 Å². The summed E-state index contributed by atoms with van der Waals surface area (Å²) in [7, 11) is 0. The van der Waals surface area contributed by atoms with Crippen molar-refractivity contribution in [1.82, 2.24) is 10.9 Å². The quantitative estimate of drug-likeness (QED) is 0.507. The lowest BCUT2D eigenvalue weighted by Crippen LogP contribution is -2.43. The third-order valence-corrected chi connectivity index (χ3v) is 4.17. The minimum absolute atomic E-state index is 0.223. The third kappa shape index (κ3) is 4.88. The summed E-state index contributed by atoms with van der Waals surface area (Å²) in [5.41, 5.74) is 6.57. The van der Waals surface area contributed by atoms with Crippen molar-refractivity contribution in [1.29, 1.82) is 5.26 Å². The van der Waals surface area contributed by atoms with E-state index >= 15 is 0 Å². The number of nitrogens with one attached hydrogen (secondary N) is 2. The number of rotatable bonds is 5. The molecule has 3 aromatic carbocycles. The molecule has 0 aliphatic heterocycles. The summed E-state index contributed by atoms with van der Waals surface area (Å²) >= 11 is 0. The maximum Gasteiger partial charge on any atom is 0.339 e. The fourth-order valence-corrected chi connectivity index (χ4v) is 2.74. The van der Waals surface area contributed by atoms with Crippen LogP contribution >= 0.6 is 0 Å². The summed E-state index contributed by atoms with van der Waals surface area (Å²) in [6.45, 7) is -0.581. The molecule has 0 heterocycles. The van der Waals surface area contributed by atoms with Crippen LogP contribution in [0.1, 0.15) is 26.3 Å². The van der Waals surface area contributed by atoms with Gasteiger partial charge in [-0.15, -0.1) is 0 Å². The van der Waals surface area contributed by atoms with Gasteiger partial charge in [0, 0.05) is 11.1 Å². The smallest absolute Gasteiger partial charge is 0.339 e. The molecule has 0 atom stereocenters. The molecule has 7 heteroatoms. The van der Waals surface area contributed by atoms with Crippen LogP contribution in [0.2, 0.25) is 0 Å². The standard InChI is InChI=1S/C23H17N3O4/c24-14-17-10-4-5-11-18(17)19-12-6-7-13-20(19)23(29)30-15-21(27)25-26-22(28)16-8-2-1-3-9-16/h1-13H,15H2,(H,25,27)(H,26,28). The molecule has 0 saturated heterocycles. The molecule has 0 spiro atoms. The van der Waals surface area contributed by atoms with E-state index in [2.05, 4.69) is 16.9 Å². The van der Waals surface area contributed by atoms with Gasteiger partial charge in [-0.05, 0) is 29.8 Å². The van der Waals surface area contributed by atoms with E-state index in [0.717, 1.165) is 0 Å². The number of esters is 1. The molecule has 148 valence electrons. The summed E-state index contributed by atoms with van der Waals surface area (Å²) in [6, 6.07) is 24.0. The predicted molar refractivity (Wildman–Crippen MR) is 109 cm³/mol. The number of benzene rings is 3. The molecule has 0 bridgehead atoms. The molecular weight excluding hydrogens is 382 g/mol. The van der Waals surface area contributed by atoms with Gasteiger partial charge in [0.1, 0.15) is 0 Å². The number of nitrogens with zero attached hydrogens (tertiary/aromatic N) is 1. The van der Waals surface area contributed by atoms with E-state index in [9.17, 15) is 19.6 Å². The van der Waals surface area contributed by atoms with E-state index in [4.69, 9.17) is 4.74 Å². The lowest BCUT2D eigenvalue weighted by atomic mass is 9.96. The van der Waals surface area contributed by atoms with Crippen molar-refractivity contribution in [3.05, 3.63) is 95.6 Å². The normalized spacial score (nSPS) is 9.83. The molecule has 0 fully saturated rings. The van der Waals surface area contributed by atoms with Crippen LogP contribution in [0.3, 0.4) is 0 Å². The Morgan fingerprint density at radius 2 is 1.43 bits per heavy atom. The SMILES string of the molecule is N#Cc1ccccc1-c1ccccc1C(=O)OCC(=O)NNC(=O)c1ccccc1. The van der Waals surface area contributed by atoms with Gasteiger partial charge in [-0.25, -0.2) is 4.79 Å². The number of nitriles is 1. The first-order valence-electron chi connectivity index (χ1n) is 9.00. The highest BCUT2D eigenvalue weighted by Crippen LogP contribution is 2.27. The van der Waals surface area contributed by atoms with E-state index in [1.165, 1.54) is 0 Å². The molecule has 0 saturated carbocycles. The third-order valence-electron chi connectivity index (χ3n) is 4.17. The molecule has 3 aromatic rings. The van der Waals surface area contributed by atoms with Crippen LogP contribution in [-0.4, -0.2) is 24.4 Å². The molecule has 0 aromatic heterocycles. The van der Waals surface area contributed by atoms with Gasteiger partial charge in [-0.1, -0.05) is 54.6 Å². The van der Waals surface area contributed by atoms with Crippen molar-refractivity contribution in [2.24, 2.45) is 0 Å². The number of carbonyl (C=O) groups excluding carboxylic acids is 3. The second-order valence-corrected chi connectivity index (χ2v) is 6.15. The van der Waals surface area contributed by atoms with Gasteiger partial charge in [0.2, 0.25) is 0 Å². The minimum Gasteiger partial charge on any atom is -0.452 e. The Labute approximate surface area is 172 Å². The van der Waals surface area contributed by atoms with Crippen molar-refractivity contribution < 1.29 is 19.1 Å². The van der Waals surface area contributed by atoms with Gasteiger partial charge >= 0.3 is 5.97 Å². The fourth-order valence-electron chi connectivity index (χ4n) is 2.74. The van der Waals surface area contributed by atoms with E-state index < -0.39 is 24.4 Å². The van der Waals surface area contributed by atoms with Crippen molar-refractivity contribution >= 4 is 17.8 Å². The van der Waals surface area contributed by atoms with E-state index in [-0.39, 0.29) is 5.56 Å². The zero-order chi connectivity index (χ0) is 21.3. The first kappa shape index (κ1) is 20.3. The van der Waals surface area contributed by atoms with E-state index in [0.29, 0.717) is 22.3 Å². The van der Waals surface area contributed by atoms with Gasteiger partial charge in [-0.3, -0.25) is 20.4 Å². The summed E-state index contributed by atoms with van der Waals surface area (Å²) in [6.07, 6.45) is 0. The zero-order valence-electron chi connectivity index (χ0n) is 15.8. The maximum absolute atomic E-state index is 12.5. The number of hydrogen-bond acceptors (Lipinski definition) is 5. The Morgan fingerprint density at radius 3 is 2.17 bits per heavy atom. The van der Waals surface area contributed by atoms with Gasteiger partial charge in [0.05, 0.1) is 17.2 Å². The van der Waals surface area contributed by atoms with E-state index in [1.54, 1.807) is 78.9 Å². The Hall–Kier alpha value is -4.44. The second-order valence-electron chi connectivity index (χ2n) is 6.15.